The summed E-state index contributed by atoms with van der Waals surface area (Å²) in [6, 6.07) is 15.7. The molecule has 2 aliphatic heterocycles. The Hall–Kier alpha value is -3.68. The number of carbonyl (C=O) groups is 1. The van der Waals surface area contributed by atoms with Crippen molar-refractivity contribution in [3.8, 4) is 22.8 Å². The van der Waals surface area contributed by atoms with Gasteiger partial charge in [-0.2, -0.15) is 0 Å². The maximum absolute atomic E-state index is 13.1. The van der Waals surface area contributed by atoms with Crippen LogP contribution in [0.2, 0.25) is 0 Å². The van der Waals surface area contributed by atoms with Crippen molar-refractivity contribution in [3.05, 3.63) is 66.0 Å². The third-order valence-electron chi connectivity index (χ3n) is 5.88. The molecule has 3 aromatic rings. The number of fused-ring (bicyclic) bond motifs is 1. The van der Waals surface area contributed by atoms with Crippen molar-refractivity contribution in [2.24, 2.45) is 5.92 Å². The van der Waals surface area contributed by atoms with Crippen LogP contribution in [0.3, 0.4) is 0 Å². The highest BCUT2D eigenvalue weighted by Crippen LogP contribution is 2.32. The molecule has 164 valence electrons. The van der Waals surface area contributed by atoms with Crippen LogP contribution in [-0.4, -0.2) is 36.0 Å². The molecule has 0 radical (unpaired) electrons. The highest BCUT2D eigenvalue weighted by Gasteiger charge is 2.26. The second-order valence-electron chi connectivity index (χ2n) is 7.95. The number of piperidine rings is 1. The quantitative estimate of drug-likeness (QED) is 0.662. The van der Waals surface area contributed by atoms with Crippen LogP contribution >= 0.6 is 0 Å². The minimum atomic E-state index is -0.277. The molecule has 0 aliphatic carbocycles. The summed E-state index contributed by atoms with van der Waals surface area (Å²) in [7, 11) is 0. The fourth-order valence-corrected chi connectivity index (χ4v) is 4.02. The Kier molecular flexibility index (Phi) is 5.58. The predicted octanol–water partition coefficient (Wildman–Crippen LogP) is 3.54. The van der Waals surface area contributed by atoms with Crippen LogP contribution in [0.1, 0.15) is 18.4 Å². The first kappa shape index (κ1) is 20.2. The molecule has 0 spiro atoms. The molecule has 32 heavy (non-hydrogen) atoms. The lowest BCUT2D eigenvalue weighted by Crippen LogP contribution is -2.40. The lowest BCUT2D eigenvalue weighted by molar-refractivity contribution is -0.125. The lowest BCUT2D eigenvalue weighted by atomic mass is 9.96. The Labute approximate surface area is 185 Å². The van der Waals surface area contributed by atoms with E-state index in [0.717, 1.165) is 54.4 Å². The number of carbonyl (C=O) groups excluding carboxylic acids is 1. The van der Waals surface area contributed by atoms with Gasteiger partial charge >= 0.3 is 0 Å². The first-order valence-electron chi connectivity index (χ1n) is 10.7. The molecule has 2 aliphatic rings. The van der Waals surface area contributed by atoms with Crippen molar-refractivity contribution < 1.29 is 18.7 Å². The zero-order chi connectivity index (χ0) is 21.9. The van der Waals surface area contributed by atoms with E-state index in [9.17, 15) is 9.18 Å². The van der Waals surface area contributed by atoms with Gasteiger partial charge in [-0.05, 0) is 66.9 Å². The molecule has 8 heteroatoms. The molecule has 2 aromatic carbocycles. The molecular formula is C24H23FN4O3. The molecule has 5 rings (SSSR count). The highest BCUT2D eigenvalue weighted by molar-refractivity contribution is 5.79. The molecule has 7 nitrogen and oxygen atoms in total. The summed E-state index contributed by atoms with van der Waals surface area (Å²) in [5.41, 5.74) is 2.51. The lowest BCUT2D eigenvalue weighted by Gasteiger charge is -2.31. The van der Waals surface area contributed by atoms with Gasteiger partial charge < -0.3 is 19.7 Å². The second kappa shape index (κ2) is 8.82. The number of amides is 1. The Morgan fingerprint density at radius 1 is 1.00 bits per heavy atom. The number of ether oxygens (including phenoxy) is 2. The largest absolute Gasteiger partial charge is 0.454 e. The van der Waals surface area contributed by atoms with Crippen molar-refractivity contribution in [2.75, 3.05) is 24.8 Å². The smallest absolute Gasteiger partial charge is 0.231 e. The van der Waals surface area contributed by atoms with Gasteiger partial charge in [-0.3, -0.25) is 4.79 Å². The fraction of sp³-hybridized carbons (Fsp3) is 0.292. The van der Waals surface area contributed by atoms with Gasteiger partial charge in [0.2, 0.25) is 12.7 Å². The summed E-state index contributed by atoms with van der Waals surface area (Å²) in [5.74, 6) is 2.01. The molecule has 3 heterocycles. The second-order valence-corrected chi connectivity index (χ2v) is 7.95. The molecule has 1 amide bonds. The monoisotopic (exact) mass is 434 g/mol. The molecule has 0 bridgehead atoms. The van der Waals surface area contributed by atoms with E-state index in [2.05, 4.69) is 20.4 Å². The summed E-state index contributed by atoms with van der Waals surface area (Å²) in [5, 5.41) is 11.7. The number of aromatic nitrogens is 2. The van der Waals surface area contributed by atoms with Gasteiger partial charge in [0.25, 0.3) is 0 Å². The number of hydrogen-bond acceptors (Lipinski definition) is 6. The third-order valence-corrected chi connectivity index (χ3v) is 5.88. The molecule has 0 unspecified atom stereocenters. The van der Waals surface area contributed by atoms with Gasteiger partial charge in [0.1, 0.15) is 5.82 Å². The van der Waals surface area contributed by atoms with E-state index < -0.39 is 0 Å². The van der Waals surface area contributed by atoms with Crippen molar-refractivity contribution in [1.29, 1.82) is 0 Å². The van der Waals surface area contributed by atoms with Crippen molar-refractivity contribution >= 4 is 11.7 Å². The Morgan fingerprint density at radius 2 is 1.78 bits per heavy atom. The first-order valence-corrected chi connectivity index (χ1v) is 10.7. The van der Waals surface area contributed by atoms with Crippen LogP contribution in [0.25, 0.3) is 11.3 Å². The minimum Gasteiger partial charge on any atom is -0.454 e. The maximum atomic E-state index is 13.1. The summed E-state index contributed by atoms with van der Waals surface area (Å²) in [6.45, 7) is 2.19. The molecule has 0 atom stereocenters. The first-order chi connectivity index (χ1) is 15.7. The number of nitrogens with zero attached hydrogens (tertiary/aromatic N) is 3. The third kappa shape index (κ3) is 4.34. The molecule has 1 saturated heterocycles. The number of rotatable bonds is 5. The van der Waals surface area contributed by atoms with Crippen molar-refractivity contribution in [3.63, 3.8) is 0 Å². The zero-order valence-corrected chi connectivity index (χ0v) is 17.5. The summed E-state index contributed by atoms with van der Waals surface area (Å²) < 4.78 is 23.8. The predicted molar refractivity (Wildman–Crippen MR) is 117 cm³/mol. The van der Waals surface area contributed by atoms with E-state index in [-0.39, 0.29) is 24.4 Å². The van der Waals surface area contributed by atoms with E-state index in [4.69, 9.17) is 9.47 Å². The molecule has 0 saturated carbocycles. The average molecular weight is 434 g/mol. The molecular weight excluding hydrogens is 411 g/mol. The van der Waals surface area contributed by atoms with Gasteiger partial charge in [-0.25, -0.2) is 4.39 Å². The van der Waals surface area contributed by atoms with E-state index in [0.29, 0.717) is 12.2 Å². The molecule has 1 N–H and O–H groups in total. The van der Waals surface area contributed by atoms with E-state index in [1.807, 2.05) is 30.3 Å². The van der Waals surface area contributed by atoms with Crippen LogP contribution in [0, 0.1) is 11.7 Å². The maximum Gasteiger partial charge on any atom is 0.231 e. The van der Waals surface area contributed by atoms with E-state index >= 15 is 0 Å². The van der Waals surface area contributed by atoms with Crippen LogP contribution in [0.5, 0.6) is 11.5 Å². The number of hydrogen-bond donors (Lipinski definition) is 1. The minimum absolute atomic E-state index is 0.0216. The normalized spacial score (nSPS) is 15.6. The average Bonchev–Trinajstić information content (AvgIpc) is 3.31. The van der Waals surface area contributed by atoms with Crippen molar-refractivity contribution in [1.82, 2.24) is 15.5 Å². The summed E-state index contributed by atoms with van der Waals surface area (Å²) in [6.07, 6.45) is 1.52. The number of benzene rings is 2. The Bertz CT molecular complexity index is 1100. The van der Waals surface area contributed by atoms with E-state index in [1.165, 1.54) is 12.1 Å². The number of nitrogens with one attached hydrogen (secondary N) is 1. The molecule has 1 fully saturated rings. The number of halogens is 1. The zero-order valence-electron chi connectivity index (χ0n) is 17.5. The van der Waals surface area contributed by atoms with Gasteiger partial charge in [0.15, 0.2) is 17.3 Å². The topological polar surface area (TPSA) is 76.6 Å². The highest BCUT2D eigenvalue weighted by atomic mass is 19.1. The van der Waals surface area contributed by atoms with E-state index in [1.54, 1.807) is 12.1 Å². The summed E-state index contributed by atoms with van der Waals surface area (Å²) >= 11 is 0. The standard InChI is InChI=1S/C24H23FN4O3/c25-19-4-2-17(3-5-19)20-6-8-23(28-27-20)29-11-9-18(10-12-29)24(30)26-14-16-1-7-21-22(13-16)32-15-31-21/h1-8,13,18H,9-12,14-15H2,(H,26,30). The fourth-order valence-electron chi connectivity index (χ4n) is 4.02. The van der Waals surface area contributed by atoms with Crippen molar-refractivity contribution in [2.45, 2.75) is 19.4 Å². The van der Waals surface area contributed by atoms with Gasteiger partial charge in [0.05, 0.1) is 5.69 Å². The van der Waals surface area contributed by atoms with Gasteiger partial charge in [-0.15, -0.1) is 10.2 Å². The van der Waals surface area contributed by atoms with Gasteiger partial charge in [0, 0.05) is 31.1 Å². The summed E-state index contributed by atoms with van der Waals surface area (Å²) in [4.78, 5) is 14.8. The Balaban J connectivity index is 1.13. The SMILES string of the molecule is O=C(NCc1ccc2c(c1)OCO2)C1CCN(c2ccc(-c3ccc(F)cc3)nn2)CC1. The van der Waals surface area contributed by atoms with Crippen LogP contribution in [0.4, 0.5) is 10.2 Å². The van der Waals surface area contributed by atoms with Crippen LogP contribution in [-0.2, 0) is 11.3 Å². The van der Waals surface area contributed by atoms with Crippen LogP contribution in [0.15, 0.2) is 54.6 Å². The Morgan fingerprint density at radius 3 is 2.53 bits per heavy atom. The van der Waals surface area contributed by atoms with Crippen LogP contribution < -0.4 is 19.7 Å². The number of anilines is 1. The molecule has 1 aromatic heterocycles. The van der Waals surface area contributed by atoms with Gasteiger partial charge in [-0.1, -0.05) is 6.07 Å².